The lowest BCUT2D eigenvalue weighted by molar-refractivity contribution is 0.509. The number of halogens is 3. The molecule has 0 radical (unpaired) electrons. The van der Waals surface area contributed by atoms with Crippen molar-refractivity contribution in [2.45, 2.75) is 6.54 Å². The van der Waals surface area contributed by atoms with Crippen LogP contribution in [0.5, 0.6) is 0 Å². The number of hydrogen-bond acceptors (Lipinski definition) is 2. The molecule has 0 fully saturated rings. The average Bonchev–Trinajstić information content (AvgIpc) is 2.60. The van der Waals surface area contributed by atoms with Crippen LogP contribution in [0, 0.1) is 11.6 Å². The summed E-state index contributed by atoms with van der Waals surface area (Å²) in [5.74, 6) is -1.11. The third kappa shape index (κ3) is 2.10. The van der Waals surface area contributed by atoms with Crippen molar-refractivity contribution < 1.29 is 8.78 Å². The van der Waals surface area contributed by atoms with Crippen molar-refractivity contribution in [2.24, 2.45) is 12.8 Å². The molecule has 6 heteroatoms. The topological polar surface area (TPSA) is 43.8 Å². The van der Waals surface area contributed by atoms with E-state index in [1.54, 1.807) is 11.6 Å². The minimum atomic E-state index is -0.894. The van der Waals surface area contributed by atoms with Crippen LogP contribution in [-0.4, -0.2) is 9.55 Å². The molecule has 2 aromatic rings. The molecule has 0 aliphatic heterocycles. The van der Waals surface area contributed by atoms with Gasteiger partial charge in [0, 0.05) is 12.6 Å². The van der Waals surface area contributed by atoms with Crippen LogP contribution < -0.4 is 5.73 Å². The van der Waals surface area contributed by atoms with E-state index >= 15 is 0 Å². The van der Waals surface area contributed by atoms with Gasteiger partial charge in [0.2, 0.25) is 0 Å². The highest BCUT2D eigenvalue weighted by atomic mass is 79.9. The zero-order valence-corrected chi connectivity index (χ0v) is 10.6. The molecular formula is C11H10BrF2N3. The summed E-state index contributed by atoms with van der Waals surface area (Å²) in [5.41, 5.74) is 6.58. The molecule has 0 bridgehead atoms. The third-order valence-electron chi connectivity index (χ3n) is 2.49. The van der Waals surface area contributed by atoms with Crippen LogP contribution in [0.1, 0.15) is 5.82 Å². The maximum Gasteiger partial charge on any atom is 0.159 e. The smallest absolute Gasteiger partial charge is 0.159 e. The second kappa shape index (κ2) is 4.54. The molecule has 0 spiro atoms. The zero-order chi connectivity index (χ0) is 12.6. The van der Waals surface area contributed by atoms with Gasteiger partial charge in [-0.2, -0.15) is 0 Å². The SMILES string of the molecule is Cn1c(CN)nc(-c2ccc(F)c(F)c2)c1Br. The lowest BCUT2D eigenvalue weighted by Crippen LogP contribution is -2.04. The van der Waals surface area contributed by atoms with Gasteiger partial charge in [0.15, 0.2) is 11.6 Å². The third-order valence-corrected chi connectivity index (χ3v) is 3.40. The van der Waals surface area contributed by atoms with Crippen molar-refractivity contribution in [3.8, 4) is 11.3 Å². The van der Waals surface area contributed by atoms with Gasteiger partial charge in [0.1, 0.15) is 16.1 Å². The van der Waals surface area contributed by atoms with Gasteiger partial charge in [-0.05, 0) is 34.1 Å². The van der Waals surface area contributed by atoms with Gasteiger partial charge in [-0.3, -0.25) is 0 Å². The lowest BCUT2D eigenvalue weighted by atomic mass is 10.1. The maximum atomic E-state index is 13.1. The number of nitrogens with zero attached hydrogens (tertiary/aromatic N) is 2. The van der Waals surface area contributed by atoms with Crippen LogP contribution in [0.2, 0.25) is 0 Å². The van der Waals surface area contributed by atoms with E-state index in [0.717, 1.165) is 12.1 Å². The minimum absolute atomic E-state index is 0.277. The fourth-order valence-corrected chi connectivity index (χ4v) is 2.05. The van der Waals surface area contributed by atoms with E-state index in [4.69, 9.17) is 5.73 Å². The molecule has 0 aliphatic carbocycles. The molecule has 1 heterocycles. The number of hydrogen-bond donors (Lipinski definition) is 1. The number of benzene rings is 1. The summed E-state index contributed by atoms with van der Waals surface area (Å²) in [6.45, 7) is 0.277. The van der Waals surface area contributed by atoms with Crippen LogP contribution >= 0.6 is 15.9 Å². The van der Waals surface area contributed by atoms with E-state index in [-0.39, 0.29) is 6.54 Å². The molecule has 1 aromatic carbocycles. The highest BCUT2D eigenvalue weighted by Crippen LogP contribution is 2.28. The molecule has 0 atom stereocenters. The Morgan fingerprint density at radius 1 is 1.35 bits per heavy atom. The molecular weight excluding hydrogens is 292 g/mol. The van der Waals surface area contributed by atoms with Gasteiger partial charge in [-0.15, -0.1) is 0 Å². The Balaban J connectivity index is 2.56. The Labute approximate surface area is 105 Å². The molecule has 3 nitrogen and oxygen atoms in total. The predicted octanol–water partition coefficient (Wildman–Crippen LogP) is 2.59. The molecule has 2 rings (SSSR count). The van der Waals surface area contributed by atoms with Crippen molar-refractivity contribution in [1.29, 1.82) is 0 Å². The van der Waals surface area contributed by atoms with Crippen LogP contribution in [0.3, 0.4) is 0 Å². The molecule has 0 saturated carbocycles. The Morgan fingerprint density at radius 3 is 2.59 bits per heavy atom. The highest BCUT2D eigenvalue weighted by molar-refractivity contribution is 9.10. The molecule has 90 valence electrons. The summed E-state index contributed by atoms with van der Waals surface area (Å²) >= 11 is 3.35. The summed E-state index contributed by atoms with van der Waals surface area (Å²) in [4.78, 5) is 4.27. The van der Waals surface area contributed by atoms with Crippen molar-refractivity contribution in [1.82, 2.24) is 9.55 Å². The molecule has 2 N–H and O–H groups in total. The zero-order valence-electron chi connectivity index (χ0n) is 9.04. The standard InChI is InChI=1S/C11H10BrF2N3/c1-17-9(5-15)16-10(11(17)12)6-2-3-7(13)8(14)4-6/h2-4H,5,15H2,1H3. The minimum Gasteiger partial charge on any atom is -0.324 e. The van der Waals surface area contributed by atoms with Crippen LogP contribution in [0.25, 0.3) is 11.3 Å². The normalized spacial score (nSPS) is 10.9. The number of rotatable bonds is 2. The largest absolute Gasteiger partial charge is 0.324 e. The molecule has 1 aromatic heterocycles. The Morgan fingerprint density at radius 2 is 2.06 bits per heavy atom. The fraction of sp³-hybridized carbons (Fsp3) is 0.182. The van der Waals surface area contributed by atoms with Gasteiger partial charge >= 0.3 is 0 Å². The molecule has 0 aliphatic rings. The Bertz CT molecular complexity index is 566. The number of imidazole rings is 1. The van der Waals surface area contributed by atoms with Crippen LogP contribution in [-0.2, 0) is 13.6 Å². The number of nitrogens with two attached hydrogens (primary N) is 1. The van der Waals surface area contributed by atoms with Crippen molar-refractivity contribution in [3.05, 3.63) is 40.3 Å². The summed E-state index contributed by atoms with van der Waals surface area (Å²) in [5, 5.41) is 0. The second-order valence-electron chi connectivity index (χ2n) is 3.56. The summed E-state index contributed by atoms with van der Waals surface area (Å²) in [6.07, 6.45) is 0. The van der Waals surface area contributed by atoms with Crippen molar-refractivity contribution in [2.75, 3.05) is 0 Å². The van der Waals surface area contributed by atoms with Crippen molar-refractivity contribution in [3.63, 3.8) is 0 Å². The van der Waals surface area contributed by atoms with E-state index < -0.39 is 11.6 Å². The monoisotopic (exact) mass is 301 g/mol. The summed E-state index contributed by atoms with van der Waals surface area (Å²) in [7, 11) is 1.79. The van der Waals surface area contributed by atoms with Gasteiger partial charge < -0.3 is 10.3 Å². The Kier molecular flexibility index (Phi) is 3.26. The first-order valence-electron chi connectivity index (χ1n) is 4.91. The molecule has 17 heavy (non-hydrogen) atoms. The molecule has 0 amide bonds. The van der Waals surface area contributed by atoms with E-state index in [2.05, 4.69) is 20.9 Å². The fourth-order valence-electron chi connectivity index (χ4n) is 1.53. The first-order chi connectivity index (χ1) is 8.04. The van der Waals surface area contributed by atoms with Gasteiger partial charge in [0.05, 0.1) is 6.54 Å². The number of aromatic nitrogens is 2. The molecule has 0 unspecified atom stereocenters. The van der Waals surface area contributed by atoms with E-state index in [9.17, 15) is 8.78 Å². The Hall–Kier alpha value is -1.27. The first kappa shape index (κ1) is 12.2. The van der Waals surface area contributed by atoms with Crippen molar-refractivity contribution >= 4 is 15.9 Å². The van der Waals surface area contributed by atoms with E-state index in [1.165, 1.54) is 6.07 Å². The molecule has 0 saturated heterocycles. The maximum absolute atomic E-state index is 13.1. The lowest BCUT2D eigenvalue weighted by Gasteiger charge is -2.00. The quantitative estimate of drug-likeness (QED) is 0.926. The average molecular weight is 302 g/mol. The van der Waals surface area contributed by atoms with Gasteiger partial charge in [-0.1, -0.05) is 0 Å². The van der Waals surface area contributed by atoms with Gasteiger partial charge in [0.25, 0.3) is 0 Å². The van der Waals surface area contributed by atoms with Crippen LogP contribution in [0.4, 0.5) is 8.78 Å². The van der Waals surface area contributed by atoms with E-state index in [0.29, 0.717) is 21.7 Å². The second-order valence-corrected chi connectivity index (χ2v) is 4.31. The first-order valence-corrected chi connectivity index (χ1v) is 5.70. The van der Waals surface area contributed by atoms with Crippen LogP contribution in [0.15, 0.2) is 22.8 Å². The van der Waals surface area contributed by atoms with E-state index in [1.807, 2.05) is 0 Å². The predicted molar refractivity (Wildman–Crippen MR) is 64.2 cm³/mol. The van der Waals surface area contributed by atoms with Gasteiger partial charge in [-0.25, -0.2) is 13.8 Å². The highest BCUT2D eigenvalue weighted by Gasteiger charge is 2.14. The summed E-state index contributed by atoms with van der Waals surface area (Å²) in [6, 6.07) is 3.67. The summed E-state index contributed by atoms with van der Waals surface area (Å²) < 4.78 is 28.4.